The Morgan fingerprint density at radius 1 is 1.47 bits per heavy atom. The molecule has 1 aromatic rings. The third-order valence-electron chi connectivity index (χ3n) is 1.96. The van der Waals surface area contributed by atoms with Gasteiger partial charge in [-0.2, -0.15) is 5.26 Å². The minimum absolute atomic E-state index is 0.0415. The van der Waals surface area contributed by atoms with E-state index in [-0.39, 0.29) is 17.7 Å². The maximum Gasteiger partial charge on any atom is 0.573 e. The third-order valence-corrected chi connectivity index (χ3v) is 1.96. The van der Waals surface area contributed by atoms with Crippen molar-refractivity contribution in [2.45, 2.75) is 19.7 Å². The zero-order valence-corrected chi connectivity index (χ0v) is 9.13. The second kappa shape index (κ2) is 4.91. The monoisotopic (exact) mass is 246 g/mol. The highest BCUT2D eigenvalue weighted by molar-refractivity contribution is 5.47. The highest BCUT2D eigenvalue weighted by Crippen LogP contribution is 2.33. The number of rotatable bonds is 3. The first-order valence-electron chi connectivity index (χ1n) is 4.54. The molecule has 92 valence electrons. The topological polar surface area (TPSA) is 55.1 Å². The summed E-state index contributed by atoms with van der Waals surface area (Å²) in [5.74, 6) is -0.380. The van der Waals surface area contributed by atoms with Crippen LogP contribution in [0.3, 0.4) is 0 Å². The maximum absolute atomic E-state index is 12.1. The SMILES string of the molecule is COc1c(C)ncc(OC(F)(F)F)c1CC#N. The van der Waals surface area contributed by atoms with Crippen LogP contribution < -0.4 is 9.47 Å². The standard InChI is InChI=1S/C10H9F3N2O2/c1-6-9(16-2)7(3-4-14)8(5-15-6)17-10(11,12)13/h5H,3H2,1-2H3. The molecule has 0 aliphatic heterocycles. The van der Waals surface area contributed by atoms with E-state index in [1.54, 1.807) is 13.0 Å². The predicted molar refractivity (Wildman–Crippen MR) is 51.5 cm³/mol. The first kappa shape index (κ1) is 13.1. The zero-order chi connectivity index (χ0) is 13.1. The van der Waals surface area contributed by atoms with Gasteiger partial charge in [-0.3, -0.25) is 4.98 Å². The number of halogens is 3. The minimum atomic E-state index is -4.83. The van der Waals surface area contributed by atoms with Crippen LogP contribution >= 0.6 is 0 Å². The van der Waals surface area contributed by atoms with E-state index in [9.17, 15) is 13.2 Å². The lowest BCUT2D eigenvalue weighted by Gasteiger charge is -2.15. The van der Waals surface area contributed by atoms with Crippen molar-refractivity contribution in [3.05, 3.63) is 17.5 Å². The van der Waals surface area contributed by atoms with Gasteiger partial charge in [-0.05, 0) is 6.92 Å². The summed E-state index contributed by atoms with van der Waals surface area (Å²) in [6.45, 7) is 1.57. The van der Waals surface area contributed by atoms with E-state index in [0.717, 1.165) is 6.20 Å². The predicted octanol–water partition coefficient (Wildman–Crippen LogP) is 2.36. The number of alkyl halides is 3. The quantitative estimate of drug-likeness (QED) is 0.821. The third kappa shape index (κ3) is 3.24. The molecule has 7 heteroatoms. The van der Waals surface area contributed by atoms with Crippen LogP contribution in [0.4, 0.5) is 13.2 Å². The van der Waals surface area contributed by atoms with Gasteiger partial charge in [0, 0.05) is 0 Å². The van der Waals surface area contributed by atoms with Gasteiger partial charge in [0.25, 0.3) is 0 Å². The number of methoxy groups -OCH3 is 1. The molecular weight excluding hydrogens is 237 g/mol. The summed E-state index contributed by atoms with van der Waals surface area (Å²) in [4.78, 5) is 3.72. The Morgan fingerprint density at radius 3 is 2.59 bits per heavy atom. The second-order valence-electron chi connectivity index (χ2n) is 3.10. The molecule has 17 heavy (non-hydrogen) atoms. The smallest absolute Gasteiger partial charge is 0.494 e. The number of pyridine rings is 1. The van der Waals surface area contributed by atoms with Crippen LogP contribution in [0.15, 0.2) is 6.20 Å². The zero-order valence-electron chi connectivity index (χ0n) is 9.13. The van der Waals surface area contributed by atoms with Crippen molar-refractivity contribution < 1.29 is 22.6 Å². The molecule has 0 N–H and O–H groups in total. The van der Waals surface area contributed by atoms with E-state index in [2.05, 4.69) is 9.72 Å². The highest BCUT2D eigenvalue weighted by Gasteiger charge is 2.33. The van der Waals surface area contributed by atoms with Crippen LogP contribution in [0.25, 0.3) is 0 Å². The summed E-state index contributed by atoms with van der Waals surface area (Å²) < 4.78 is 45.1. The molecule has 0 atom stereocenters. The van der Waals surface area contributed by atoms with E-state index in [1.165, 1.54) is 7.11 Å². The minimum Gasteiger partial charge on any atom is -0.494 e. The van der Waals surface area contributed by atoms with E-state index >= 15 is 0 Å². The molecule has 0 unspecified atom stereocenters. The summed E-state index contributed by atoms with van der Waals surface area (Å²) in [5.41, 5.74) is 0.437. The molecule has 0 saturated heterocycles. The normalized spacial score (nSPS) is 10.8. The lowest BCUT2D eigenvalue weighted by Crippen LogP contribution is -2.18. The Bertz CT molecular complexity index is 452. The Kier molecular flexibility index (Phi) is 3.78. The lowest BCUT2D eigenvalue weighted by molar-refractivity contribution is -0.275. The van der Waals surface area contributed by atoms with Crippen LogP contribution in [0, 0.1) is 18.3 Å². The summed E-state index contributed by atoms with van der Waals surface area (Å²) in [6.07, 6.45) is -4.15. The Balaban J connectivity index is 3.26. The number of hydrogen-bond donors (Lipinski definition) is 0. The fourth-order valence-electron chi connectivity index (χ4n) is 1.35. The molecule has 0 fully saturated rings. The molecule has 0 bridgehead atoms. The van der Waals surface area contributed by atoms with Crippen LogP contribution in [0.1, 0.15) is 11.3 Å². The van der Waals surface area contributed by atoms with Crippen molar-refractivity contribution in [1.82, 2.24) is 4.98 Å². The van der Waals surface area contributed by atoms with Gasteiger partial charge in [-0.1, -0.05) is 0 Å². The van der Waals surface area contributed by atoms with Crippen molar-refractivity contribution in [1.29, 1.82) is 5.26 Å². The van der Waals surface area contributed by atoms with E-state index in [4.69, 9.17) is 10.00 Å². The maximum atomic E-state index is 12.1. The molecule has 0 aliphatic carbocycles. The molecule has 1 rings (SSSR count). The van der Waals surface area contributed by atoms with Crippen molar-refractivity contribution in [2.75, 3.05) is 7.11 Å². The number of aromatic nitrogens is 1. The molecule has 0 spiro atoms. The Morgan fingerprint density at radius 2 is 2.12 bits per heavy atom. The Labute approximate surface area is 95.6 Å². The van der Waals surface area contributed by atoms with Crippen LogP contribution in [0.2, 0.25) is 0 Å². The van der Waals surface area contributed by atoms with Gasteiger partial charge >= 0.3 is 6.36 Å². The van der Waals surface area contributed by atoms with Crippen molar-refractivity contribution in [3.8, 4) is 17.6 Å². The van der Waals surface area contributed by atoms with Gasteiger partial charge in [-0.25, -0.2) is 0 Å². The number of aryl methyl sites for hydroxylation is 1. The van der Waals surface area contributed by atoms with E-state index in [0.29, 0.717) is 5.69 Å². The summed E-state index contributed by atoms with van der Waals surface area (Å²) >= 11 is 0. The van der Waals surface area contributed by atoms with Gasteiger partial charge in [0.05, 0.1) is 37.1 Å². The lowest BCUT2D eigenvalue weighted by atomic mass is 10.1. The number of ether oxygens (including phenoxy) is 2. The molecule has 0 aromatic carbocycles. The average molecular weight is 246 g/mol. The van der Waals surface area contributed by atoms with Crippen molar-refractivity contribution >= 4 is 0 Å². The fraction of sp³-hybridized carbons (Fsp3) is 0.400. The molecular formula is C10H9F3N2O2. The first-order valence-corrected chi connectivity index (χ1v) is 4.54. The molecule has 1 aromatic heterocycles. The summed E-state index contributed by atoms with van der Waals surface area (Å²) in [7, 11) is 1.29. The first-order chi connectivity index (χ1) is 7.89. The molecule has 1 heterocycles. The Hall–Kier alpha value is -1.97. The van der Waals surface area contributed by atoms with Crippen LogP contribution in [-0.2, 0) is 6.42 Å². The van der Waals surface area contributed by atoms with E-state index < -0.39 is 12.1 Å². The fourth-order valence-corrected chi connectivity index (χ4v) is 1.35. The molecule has 4 nitrogen and oxygen atoms in total. The number of hydrogen-bond acceptors (Lipinski definition) is 4. The van der Waals surface area contributed by atoms with Gasteiger partial charge in [-0.15, -0.1) is 13.2 Å². The summed E-state index contributed by atoms with van der Waals surface area (Å²) in [5, 5.41) is 8.59. The summed E-state index contributed by atoms with van der Waals surface area (Å²) in [6, 6.07) is 1.76. The van der Waals surface area contributed by atoms with Crippen molar-refractivity contribution in [2.24, 2.45) is 0 Å². The van der Waals surface area contributed by atoms with Gasteiger partial charge < -0.3 is 9.47 Å². The van der Waals surface area contributed by atoms with Gasteiger partial charge in [0.1, 0.15) is 5.75 Å². The van der Waals surface area contributed by atoms with Gasteiger partial charge in [0.2, 0.25) is 0 Å². The largest absolute Gasteiger partial charge is 0.573 e. The van der Waals surface area contributed by atoms with Crippen LogP contribution in [-0.4, -0.2) is 18.5 Å². The molecule has 0 radical (unpaired) electrons. The second-order valence-corrected chi connectivity index (χ2v) is 3.10. The molecule has 0 aliphatic rings. The van der Waals surface area contributed by atoms with Gasteiger partial charge in [0.15, 0.2) is 5.75 Å². The van der Waals surface area contributed by atoms with E-state index in [1.807, 2.05) is 0 Å². The average Bonchev–Trinajstić information content (AvgIpc) is 2.21. The number of nitriles is 1. The molecule has 0 saturated carbocycles. The van der Waals surface area contributed by atoms with Crippen LogP contribution in [0.5, 0.6) is 11.5 Å². The number of nitrogens with zero attached hydrogens (tertiary/aromatic N) is 2. The van der Waals surface area contributed by atoms with Crippen molar-refractivity contribution in [3.63, 3.8) is 0 Å². The molecule has 0 amide bonds. The highest BCUT2D eigenvalue weighted by atomic mass is 19.4.